The zero-order chi connectivity index (χ0) is 37.1. The Morgan fingerprint density at radius 1 is 1.16 bits per heavy atom. The molecule has 274 valence electrons. The predicted octanol–water partition coefficient (Wildman–Crippen LogP) is 5.22. The van der Waals surface area contributed by atoms with E-state index in [2.05, 4.69) is 17.0 Å². The van der Waals surface area contributed by atoms with Gasteiger partial charge in [0.1, 0.15) is 36.3 Å². The van der Waals surface area contributed by atoms with Crippen LogP contribution in [0.1, 0.15) is 53.0 Å². The molecule has 15 nitrogen and oxygen atoms in total. The van der Waals surface area contributed by atoms with Gasteiger partial charge in [0.15, 0.2) is 0 Å². The number of esters is 1. The summed E-state index contributed by atoms with van der Waals surface area (Å²) in [5.41, 5.74) is -0.328. The van der Waals surface area contributed by atoms with E-state index >= 15 is 0 Å². The Labute approximate surface area is 295 Å². The van der Waals surface area contributed by atoms with Crippen molar-refractivity contribution >= 4 is 42.7 Å². The fourth-order valence-corrected chi connectivity index (χ4v) is 7.24. The van der Waals surface area contributed by atoms with Crippen LogP contribution in [0.2, 0.25) is 0 Å². The van der Waals surface area contributed by atoms with E-state index in [1.807, 2.05) is 6.07 Å². The van der Waals surface area contributed by atoms with E-state index in [0.717, 1.165) is 10.5 Å². The first-order valence-electron chi connectivity index (χ1n) is 16.4. The summed E-state index contributed by atoms with van der Waals surface area (Å²) >= 11 is 0. The number of rotatable bonds is 12. The van der Waals surface area contributed by atoms with Gasteiger partial charge in [-0.3, -0.25) is 28.9 Å². The third-order valence-electron chi connectivity index (χ3n) is 8.35. The number of hydrogen-bond donors (Lipinski definition) is 3. The van der Waals surface area contributed by atoms with Crippen LogP contribution in [-0.2, 0) is 39.5 Å². The fraction of sp³-hybridized carbons (Fsp3) is 0.429. The van der Waals surface area contributed by atoms with Gasteiger partial charge in [-0.1, -0.05) is 36.9 Å². The molecule has 0 radical (unpaired) electrons. The van der Waals surface area contributed by atoms with Crippen molar-refractivity contribution in [3.8, 4) is 5.75 Å². The summed E-state index contributed by atoms with van der Waals surface area (Å²) in [7, 11) is -4.45. The van der Waals surface area contributed by atoms with Gasteiger partial charge in [0.2, 0.25) is 5.91 Å². The number of urea groups is 1. The van der Waals surface area contributed by atoms with Crippen molar-refractivity contribution < 1.29 is 52.1 Å². The number of aliphatic hydroxyl groups is 1. The van der Waals surface area contributed by atoms with E-state index < -0.39 is 73.8 Å². The SMILES string of the molecule is C=CN(C(=O)NC(C)=O)C1OC(COP(=O)(NC(C)C(=O)OCc2ccccc2)Oc2ccc3c(ccn3C(=O)OC(C)(C)C)c2)C(O)C12CC2. The summed E-state index contributed by atoms with van der Waals surface area (Å²) < 4.78 is 44.5. The molecule has 3 amide bonds. The molecule has 2 heterocycles. The van der Waals surface area contributed by atoms with Gasteiger partial charge >= 0.3 is 25.8 Å². The normalized spacial score (nSPS) is 20.9. The van der Waals surface area contributed by atoms with E-state index in [-0.39, 0.29) is 12.4 Å². The summed E-state index contributed by atoms with van der Waals surface area (Å²) in [5, 5.41) is 16.7. The molecule has 3 N–H and O–H groups in total. The van der Waals surface area contributed by atoms with Gasteiger partial charge < -0.3 is 23.8 Å². The topological polar surface area (TPSA) is 184 Å². The molecule has 2 fully saturated rings. The minimum atomic E-state index is -4.45. The van der Waals surface area contributed by atoms with E-state index in [4.69, 9.17) is 23.3 Å². The van der Waals surface area contributed by atoms with Crippen LogP contribution >= 0.6 is 7.75 Å². The Balaban J connectivity index is 1.35. The Kier molecular flexibility index (Phi) is 11.1. The first kappa shape index (κ1) is 37.7. The molecule has 0 bridgehead atoms. The molecule has 16 heteroatoms. The van der Waals surface area contributed by atoms with Gasteiger partial charge in [-0.05, 0) is 70.4 Å². The van der Waals surface area contributed by atoms with Crippen molar-refractivity contribution in [3.63, 3.8) is 0 Å². The van der Waals surface area contributed by atoms with Crippen molar-refractivity contribution in [1.82, 2.24) is 19.9 Å². The maximum Gasteiger partial charge on any atom is 0.459 e. The Morgan fingerprint density at radius 3 is 2.49 bits per heavy atom. The van der Waals surface area contributed by atoms with Gasteiger partial charge in [0, 0.05) is 30.1 Å². The third kappa shape index (κ3) is 8.86. The first-order valence-corrected chi connectivity index (χ1v) is 17.9. The van der Waals surface area contributed by atoms with Crippen LogP contribution in [0, 0.1) is 5.41 Å². The highest BCUT2D eigenvalue weighted by Gasteiger charge is 2.65. The predicted molar refractivity (Wildman–Crippen MR) is 184 cm³/mol. The first-order chi connectivity index (χ1) is 24.0. The Hall–Kier alpha value is -4.53. The second kappa shape index (κ2) is 15.0. The van der Waals surface area contributed by atoms with E-state index in [0.29, 0.717) is 23.7 Å². The maximum atomic E-state index is 14.4. The lowest BCUT2D eigenvalue weighted by Crippen LogP contribution is -2.48. The summed E-state index contributed by atoms with van der Waals surface area (Å²) in [4.78, 5) is 51.1. The molecule has 1 aliphatic heterocycles. The second-order valence-electron chi connectivity index (χ2n) is 13.5. The fourth-order valence-electron chi connectivity index (χ4n) is 5.74. The Bertz CT molecular complexity index is 1840. The minimum absolute atomic E-state index is 0.0222. The van der Waals surface area contributed by atoms with Crippen molar-refractivity contribution in [1.29, 1.82) is 0 Å². The van der Waals surface area contributed by atoms with E-state index in [1.54, 1.807) is 57.2 Å². The number of hydrogen-bond acceptors (Lipinski definition) is 11. The number of fused-ring (bicyclic) bond motifs is 1. The monoisotopic (exact) mass is 726 g/mol. The van der Waals surface area contributed by atoms with Crippen LogP contribution in [0.5, 0.6) is 5.75 Å². The highest BCUT2D eigenvalue weighted by molar-refractivity contribution is 7.52. The van der Waals surface area contributed by atoms with Crippen LogP contribution in [0.4, 0.5) is 9.59 Å². The summed E-state index contributed by atoms with van der Waals surface area (Å²) in [6, 6.07) is 13.3. The molecule has 1 spiro atoms. The molecule has 5 unspecified atom stereocenters. The number of nitrogens with one attached hydrogen (secondary N) is 2. The molecule has 1 aromatic heterocycles. The lowest BCUT2D eigenvalue weighted by atomic mass is 9.96. The van der Waals surface area contributed by atoms with Gasteiger partial charge in [-0.15, -0.1) is 0 Å². The third-order valence-corrected chi connectivity index (χ3v) is 9.99. The average Bonchev–Trinajstić information content (AvgIpc) is 3.68. The summed E-state index contributed by atoms with van der Waals surface area (Å²) in [6.07, 6.45) is -0.0680. The van der Waals surface area contributed by atoms with Crippen LogP contribution in [0.15, 0.2) is 73.6 Å². The summed E-state index contributed by atoms with van der Waals surface area (Å²) in [5.74, 6) is -1.24. The molecule has 3 aromatic rings. The van der Waals surface area contributed by atoms with Crippen molar-refractivity contribution in [2.75, 3.05) is 6.61 Å². The number of imide groups is 1. The molecule has 51 heavy (non-hydrogen) atoms. The van der Waals surface area contributed by atoms with Gasteiger partial charge in [0.25, 0.3) is 0 Å². The zero-order valence-corrected chi connectivity index (χ0v) is 30.0. The lowest BCUT2D eigenvalue weighted by Gasteiger charge is -2.29. The molecular formula is C35H43N4O11P. The Morgan fingerprint density at radius 2 is 1.86 bits per heavy atom. The number of aliphatic hydroxyl groups excluding tert-OH is 1. The molecule has 5 atom stereocenters. The second-order valence-corrected chi connectivity index (χ2v) is 15.2. The number of aromatic nitrogens is 1. The highest BCUT2D eigenvalue weighted by Crippen LogP contribution is 2.59. The number of amides is 3. The molecule has 2 aromatic carbocycles. The van der Waals surface area contributed by atoms with Crippen molar-refractivity contribution in [2.45, 2.75) is 84.1 Å². The van der Waals surface area contributed by atoms with Gasteiger partial charge in [-0.2, -0.15) is 5.09 Å². The quantitative estimate of drug-likeness (QED) is 0.164. The number of ether oxygens (including phenoxy) is 3. The number of carbonyl (C=O) groups is 4. The van der Waals surface area contributed by atoms with Gasteiger partial charge in [0.05, 0.1) is 18.2 Å². The molecule has 1 saturated heterocycles. The molecule has 1 aliphatic carbocycles. The van der Waals surface area contributed by atoms with E-state index in [9.17, 15) is 28.8 Å². The molecule has 1 saturated carbocycles. The van der Waals surface area contributed by atoms with Crippen molar-refractivity contribution in [3.05, 3.63) is 79.1 Å². The number of benzene rings is 2. The largest absolute Gasteiger partial charge is 0.460 e. The zero-order valence-electron chi connectivity index (χ0n) is 29.1. The van der Waals surface area contributed by atoms with Crippen LogP contribution in [0.3, 0.4) is 0 Å². The van der Waals surface area contributed by atoms with Crippen LogP contribution in [0.25, 0.3) is 10.9 Å². The van der Waals surface area contributed by atoms with E-state index in [1.165, 1.54) is 42.9 Å². The number of nitrogens with zero attached hydrogens (tertiary/aromatic N) is 2. The smallest absolute Gasteiger partial charge is 0.459 e. The standard InChI is InChI=1S/C35H43N4O11P/c1-7-38(32(43)36-23(3)40)31-35(16-17-35)29(41)28(48-31)21-47-51(45,37-22(2)30(42)46-20-24-11-9-8-10-12-24)50-26-13-14-27-25(19-26)15-18-39(27)33(44)49-34(4,5)6/h7-15,18-19,22,28-29,31,41H,1,16-17,20-21H2,2-6H3,(H,37,45)(H,36,40,43). The highest BCUT2D eigenvalue weighted by atomic mass is 31.2. The molecule has 2 aliphatic rings. The average molecular weight is 727 g/mol. The number of carbonyl (C=O) groups excluding carboxylic acids is 4. The van der Waals surface area contributed by atoms with Crippen LogP contribution < -0.4 is 14.9 Å². The lowest BCUT2D eigenvalue weighted by molar-refractivity contribution is -0.146. The maximum absolute atomic E-state index is 14.4. The molecule has 5 rings (SSSR count). The summed E-state index contributed by atoms with van der Waals surface area (Å²) in [6.45, 7) is 11.0. The van der Waals surface area contributed by atoms with Crippen molar-refractivity contribution in [2.24, 2.45) is 5.41 Å². The molecular weight excluding hydrogens is 683 g/mol. The van der Waals surface area contributed by atoms with Gasteiger partial charge in [-0.25, -0.2) is 14.2 Å². The minimum Gasteiger partial charge on any atom is -0.460 e. The van der Waals surface area contributed by atoms with Crippen LogP contribution in [-0.4, -0.2) is 75.3 Å².